The summed E-state index contributed by atoms with van der Waals surface area (Å²) in [6, 6.07) is 8.22. The normalized spacial score (nSPS) is 16.1. The van der Waals surface area contributed by atoms with Crippen LogP contribution in [0, 0.1) is 18.3 Å². The van der Waals surface area contributed by atoms with Crippen LogP contribution in [0.1, 0.15) is 40.5 Å². The first kappa shape index (κ1) is 32.0. The second-order valence-corrected chi connectivity index (χ2v) is 11.2. The molecular formula is C26H36N3O9P. The molecule has 0 aliphatic heterocycles. The quantitative estimate of drug-likeness (QED) is 0.166. The van der Waals surface area contributed by atoms with E-state index >= 15 is 0 Å². The molecule has 3 N–H and O–H groups in total. The van der Waals surface area contributed by atoms with Crippen LogP contribution in [0.25, 0.3) is 0 Å². The van der Waals surface area contributed by atoms with Gasteiger partial charge in [-0.05, 0) is 44.2 Å². The van der Waals surface area contributed by atoms with Crippen molar-refractivity contribution in [3.8, 4) is 18.1 Å². The highest BCUT2D eigenvalue weighted by Crippen LogP contribution is 2.46. The van der Waals surface area contributed by atoms with E-state index in [-0.39, 0.29) is 24.5 Å². The number of nitrogens with one attached hydrogen (secondary N) is 2. The molecule has 0 fully saturated rings. The van der Waals surface area contributed by atoms with E-state index in [1.807, 2.05) is 18.8 Å². The van der Waals surface area contributed by atoms with Crippen molar-refractivity contribution in [3.05, 3.63) is 63.4 Å². The average Bonchev–Trinajstić information content (AvgIpc) is 2.86. The first-order valence-corrected chi connectivity index (χ1v) is 13.9. The van der Waals surface area contributed by atoms with Crippen LogP contribution in [-0.4, -0.2) is 52.6 Å². The number of methoxy groups -OCH3 is 1. The lowest BCUT2D eigenvalue weighted by atomic mass is 10.0. The largest absolute Gasteiger partial charge is 0.462 e. The van der Waals surface area contributed by atoms with Gasteiger partial charge in [0, 0.05) is 25.8 Å². The highest BCUT2D eigenvalue weighted by atomic mass is 31.2. The Bertz CT molecular complexity index is 1290. The van der Waals surface area contributed by atoms with Crippen LogP contribution in [0.15, 0.2) is 52.2 Å². The first-order valence-electron chi connectivity index (χ1n) is 12.3. The van der Waals surface area contributed by atoms with Crippen molar-refractivity contribution >= 4 is 13.7 Å². The van der Waals surface area contributed by atoms with E-state index in [0.29, 0.717) is 0 Å². The number of nitrogens with zero attached hydrogens (tertiary/aromatic N) is 1. The number of hydrogen-bond acceptors (Lipinski definition) is 9. The number of esters is 1. The Morgan fingerprint density at radius 3 is 2.41 bits per heavy atom. The Morgan fingerprint density at radius 1 is 1.21 bits per heavy atom. The van der Waals surface area contributed by atoms with Gasteiger partial charge >= 0.3 is 19.4 Å². The standard InChI is InChI=1S/C26H36N3O9P/c1-7-26(33,29-14-13-23(30)27-25(29)32)16-21(35-6)17-36-39(34,38-20-11-9-8-10-12-20)28-22(15-18(2)3)24(31)37-19(4)5/h1,8-14,18-19,21-22,33H,15-17H2,2-6H3,(H,28,34)(H,27,30,32)/t21-,22-,26+,39?/m0/s1. The molecule has 1 heterocycles. The van der Waals surface area contributed by atoms with Gasteiger partial charge in [0.05, 0.1) is 18.8 Å². The van der Waals surface area contributed by atoms with Gasteiger partial charge < -0.3 is 19.1 Å². The van der Waals surface area contributed by atoms with Crippen LogP contribution in [-0.2, 0) is 29.1 Å². The van der Waals surface area contributed by atoms with E-state index in [9.17, 15) is 24.1 Å². The number of aliphatic hydroxyl groups is 1. The van der Waals surface area contributed by atoms with Crippen molar-refractivity contribution in [3.63, 3.8) is 0 Å². The maximum absolute atomic E-state index is 14.0. The molecule has 0 spiro atoms. The molecule has 214 valence electrons. The summed E-state index contributed by atoms with van der Waals surface area (Å²) in [5.74, 6) is 1.74. The molecule has 0 saturated carbocycles. The highest BCUT2D eigenvalue weighted by molar-refractivity contribution is 7.52. The number of ether oxygens (including phenoxy) is 2. The van der Waals surface area contributed by atoms with Crippen LogP contribution in [0.4, 0.5) is 0 Å². The number of carbonyl (C=O) groups excluding carboxylic acids is 1. The molecule has 12 nitrogen and oxygen atoms in total. The fraction of sp³-hybridized carbons (Fsp3) is 0.500. The minimum absolute atomic E-state index is 0.0281. The molecular weight excluding hydrogens is 529 g/mol. The minimum atomic E-state index is -4.26. The summed E-state index contributed by atoms with van der Waals surface area (Å²) in [7, 11) is -2.96. The summed E-state index contributed by atoms with van der Waals surface area (Å²) >= 11 is 0. The van der Waals surface area contributed by atoms with Crippen LogP contribution in [0.3, 0.4) is 0 Å². The summed E-state index contributed by atoms with van der Waals surface area (Å²) in [6.07, 6.45) is 5.06. The van der Waals surface area contributed by atoms with E-state index < -0.39 is 55.5 Å². The zero-order chi connectivity index (χ0) is 29.2. The third-order valence-corrected chi connectivity index (χ3v) is 6.92. The molecule has 39 heavy (non-hydrogen) atoms. The maximum Gasteiger partial charge on any atom is 0.459 e. The SMILES string of the molecule is C#C[C@@](O)(C[C@@H](COP(=O)(N[C@@H](CC(C)C)C(=O)OC(C)C)Oc1ccccc1)OC)n1ccc(=O)[nH]c1=O. The van der Waals surface area contributed by atoms with Gasteiger partial charge in [0.2, 0.25) is 5.72 Å². The van der Waals surface area contributed by atoms with Crippen LogP contribution in [0.2, 0.25) is 0 Å². The summed E-state index contributed by atoms with van der Waals surface area (Å²) in [5.41, 5.74) is -3.82. The Balaban J connectivity index is 2.33. The number of rotatable bonds is 15. The zero-order valence-corrected chi connectivity index (χ0v) is 23.6. The summed E-state index contributed by atoms with van der Waals surface area (Å²) in [4.78, 5) is 38.5. The number of para-hydroxylation sites is 1. The Hall–Kier alpha value is -3.20. The van der Waals surface area contributed by atoms with Crippen molar-refractivity contribution in [2.24, 2.45) is 5.92 Å². The van der Waals surface area contributed by atoms with Crippen molar-refractivity contribution in [2.45, 2.75) is 64.5 Å². The lowest BCUT2D eigenvalue weighted by Gasteiger charge is -2.30. The molecule has 13 heteroatoms. The second kappa shape index (κ2) is 14.3. The third kappa shape index (κ3) is 9.80. The van der Waals surface area contributed by atoms with Gasteiger partial charge in [0.25, 0.3) is 5.56 Å². The number of aromatic nitrogens is 2. The number of benzene rings is 1. The second-order valence-electron chi connectivity index (χ2n) is 9.50. The fourth-order valence-electron chi connectivity index (χ4n) is 3.53. The summed E-state index contributed by atoms with van der Waals surface area (Å²) in [6.45, 7) is 6.75. The highest BCUT2D eigenvalue weighted by Gasteiger charge is 2.38. The van der Waals surface area contributed by atoms with Gasteiger partial charge in [0.1, 0.15) is 11.8 Å². The molecule has 0 bridgehead atoms. The number of H-pyrrole nitrogens is 1. The topological polar surface area (TPSA) is 158 Å². The summed E-state index contributed by atoms with van der Waals surface area (Å²) < 4.78 is 36.8. The van der Waals surface area contributed by atoms with Crippen molar-refractivity contribution in [2.75, 3.05) is 13.7 Å². The van der Waals surface area contributed by atoms with E-state index in [1.165, 1.54) is 7.11 Å². The number of terminal acetylenes is 1. The lowest BCUT2D eigenvalue weighted by molar-refractivity contribution is -0.150. The maximum atomic E-state index is 14.0. The molecule has 0 radical (unpaired) electrons. The molecule has 1 unspecified atom stereocenters. The molecule has 1 aromatic carbocycles. The van der Waals surface area contributed by atoms with Gasteiger partial charge in [0.15, 0.2) is 0 Å². The molecule has 0 saturated heterocycles. The van der Waals surface area contributed by atoms with Gasteiger partial charge in [-0.1, -0.05) is 32.0 Å². The number of carbonyl (C=O) groups is 1. The molecule has 0 amide bonds. The Labute approximate surface area is 227 Å². The van der Waals surface area contributed by atoms with Crippen LogP contribution < -0.4 is 20.9 Å². The van der Waals surface area contributed by atoms with Crippen LogP contribution >= 0.6 is 7.75 Å². The number of aromatic amines is 1. The Morgan fingerprint density at radius 2 is 1.87 bits per heavy atom. The molecule has 0 aliphatic carbocycles. The molecule has 2 aromatic rings. The molecule has 0 aliphatic rings. The molecule has 1 aromatic heterocycles. The van der Waals surface area contributed by atoms with Crippen molar-refractivity contribution in [1.82, 2.24) is 14.6 Å². The monoisotopic (exact) mass is 565 g/mol. The predicted octanol–water partition coefficient (Wildman–Crippen LogP) is 2.38. The summed E-state index contributed by atoms with van der Waals surface area (Å²) in [5, 5.41) is 13.7. The zero-order valence-electron chi connectivity index (χ0n) is 22.7. The average molecular weight is 566 g/mol. The van der Waals surface area contributed by atoms with E-state index in [2.05, 4.69) is 11.0 Å². The van der Waals surface area contributed by atoms with Gasteiger partial charge in [-0.2, -0.15) is 5.09 Å². The van der Waals surface area contributed by atoms with Crippen molar-refractivity contribution < 1.29 is 33.0 Å². The van der Waals surface area contributed by atoms with Gasteiger partial charge in [-0.15, -0.1) is 6.42 Å². The van der Waals surface area contributed by atoms with E-state index in [0.717, 1.165) is 16.8 Å². The van der Waals surface area contributed by atoms with E-state index in [4.69, 9.17) is 24.9 Å². The van der Waals surface area contributed by atoms with Crippen molar-refractivity contribution in [1.29, 1.82) is 0 Å². The predicted molar refractivity (Wildman–Crippen MR) is 144 cm³/mol. The molecule has 4 atom stereocenters. The minimum Gasteiger partial charge on any atom is -0.462 e. The lowest BCUT2D eigenvalue weighted by Crippen LogP contribution is -2.46. The van der Waals surface area contributed by atoms with E-state index in [1.54, 1.807) is 44.2 Å². The van der Waals surface area contributed by atoms with Gasteiger partial charge in [-0.3, -0.25) is 23.7 Å². The molecule has 2 rings (SSSR count). The smallest absolute Gasteiger partial charge is 0.459 e. The fourth-order valence-corrected chi connectivity index (χ4v) is 5.07. The third-order valence-electron chi connectivity index (χ3n) is 5.36. The first-order chi connectivity index (χ1) is 18.3. The van der Waals surface area contributed by atoms with Crippen LogP contribution in [0.5, 0.6) is 5.75 Å². The number of hydrogen-bond donors (Lipinski definition) is 3. The Kier molecular flexibility index (Phi) is 11.7. The van der Waals surface area contributed by atoms with Gasteiger partial charge in [-0.25, -0.2) is 9.36 Å².